The number of halogens is 1. The Balaban J connectivity index is 1.72. The van der Waals surface area contributed by atoms with Crippen LogP contribution in [-0.2, 0) is 11.2 Å². The van der Waals surface area contributed by atoms with Gasteiger partial charge in [-0.2, -0.15) is 0 Å². The fourth-order valence-electron chi connectivity index (χ4n) is 3.70. The largest absolute Gasteiger partial charge is 0.493 e. The van der Waals surface area contributed by atoms with Gasteiger partial charge in [0.25, 0.3) is 0 Å². The quantitative estimate of drug-likeness (QED) is 0.708. The molecule has 2 aliphatic rings. The van der Waals surface area contributed by atoms with E-state index in [1.807, 2.05) is 0 Å². The average Bonchev–Trinajstić information content (AvgIpc) is 2.94. The third-order valence-corrected chi connectivity index (χ3v) is 5.21. The predicted molar refractivity (Wildman–Crippen MR) is 107 cm³/mol. The molecule has 1 fully saturated rings. The number of allylic oxidation sites excluding steroid dienone is 2. The predicted octanol–water partition coefficient (Wildman–Crippen LogP) is 4.11. The maximum Gasteiger partial charge on any atom is 0.410 e. The second kappa shape index (κ2) is 7.69. The number of piperidine rings is 1. The highest BCUT2D eigenvalue weighted by atomic mass is 19.1. The number of methoxy groups -OCH3 is 2. The lowest BCUT2D eigenvalue weighted by Crippen LogP contribution is -2.45. The van der Waals surface area contributed by atoms with Crippen LogP contribution in [0.15, 0.2) is 23.8 Å². The van der Waals surface area contributed by atoms with E-state index in [0.717, 1.165) is 5.56 Å². The Kier molecular flexibility index (Phi) is 5.61. The van der Waals surface area contributed by atoms with Crippen molar-refractivity contribution in [1.29, 1.82) is 0 Å². The summed E-state index contributed by atoms with van der Waals surface area (Å²) < 4.78 is 31.3. The summed E-state index contributed by atoms with van der Waals surface area (Å²) in [5.41, 5.74) is -0.464. The van der Waals surface area contributed by atoms with Crippen LogP contribution in [0.4, 0.5) is 9.18 Å². The molecule has 0 saturated carbocycles. The Morgan fingerprint density at radius 3 is 2.28 bits per heavy atom. The van der Waals surface area contributed by atoms with Crippen LogP contribution in [0.3, 0.4) is 0 Å². The molecule has 1 amide bonds. The molecular weight excluding hydrogens is 377 g/mol. The maximum absolute atomic E-state index is 15.4. The molecule has 1 aromatic carbocycles. The van der Waals surface area contributed by atoms with Crippen molar-refractivity contribution < 1.29 is 28.2 Å². The van der Waals surface area contributed by atoms with Crippen LogP contribution in [0.5, 0.6) is 11.5 Å². The van der Waals surface area contributed by atoms with Gasteiger partial charge < -0.3 is 19.1 Å². The van der Waals surface area contributed by atoms with Crippen molar-refractivity contribution in [3.63, 3.8) is 0 Å². The molecule has 1 saturated heterocycles. The lowest BCUT2D eigenvalue weighted by Gasteiger charge is -2.35. The molecule has 29 heavy (non-hydrogen) atoms. The van der Waals surface area contributed by atoms with Gasteiger partial charge in [-0.25, -0.2) is 9.18 Å². The highest BCUT2D eigenvalue weighted by Crippen LogP contribution is 2.38. The van der Waals surface area contributed by atoms with Gasteiger partial charge in [0, 0.05) is 43.5 Å². The summed E-state index contributed by atoms with van der Waals surface area (Å²) >= 11 is 0. The number of hydrogen-bond acceptors (Lipinski definition) is 5. The number of ether oxygens (including phenoxy) is 3. The standard InChI is InChI=1S/C22H28FNO5/c1-21(2,3)29-20(26)24-8-6-22(23,7-9-24)13-15-10-14-11-17(27-4)18(28-5)12-16(14)19(15)25/h11-13H,6-10H2,1-5H3/b15-13+. The smallest absolute Gasteiger partial charge is 0.410 e. The van der Waals surface area contributed by atoms with Gasteiger partial charge in [0.05, 0.1) is 14.2 Å². The number of carbonyl (C=O) groups excluding carboxylic acids is 2. The molecule has 0 atom stereocenters. The third-order valence-electron chi connectivity index (χ3n) is 5.21. The lowest BCUT2D eigenvalue weighted by atomic mass is 9.90. The number of fused-ring (bicyclic) bond motifs is 1. The van der Waals surface area contributed by atoms with Crippen LogP contribution < -0.4 is 9.47 Å². The molecular formula is C22H28FNO5. The zero-order valence-electron chi connectivity index (χ0n) is 17.6. The van der Waals surface area contributed by atoms with Crippen molar-refractivity contribution in [3.8, 4) is 11.5 Å². The summed E-state index contributed by atoms with van der Waals surface area (Å²) in [4.78, 5) is 26.5. The van der Waals surface area contributed by atoms with Crippen molar-refractivity contribution in [2.45, 2.75) is 51.3 Å². The monoisotopic (exact) mass is 405 g/mol. The minimum absolute atomic E-state index is 0.131. The molecule has 1 aliphatic carbocycles. The number of rotatable bonds is 3. The van der Waals surface area contributed by atoms with Crippen LogP contribution >= 0.6 is 0 Å². The van der Waals surface area contributed by atoms with E-state index in [4.69, 9.17) is 14.2 Å². The second-order valence-corrected chi connectivity index (χ2v) is 8.54. The van der Waals surface area contributed by atoms with Gasteiger partial charge in [-0.05, 0) is 44.5 Å². The van der Waals surface area contributed by atoms with Gasteiger partial charge in [-0.1, -0.05) is 0 Å². The molecule has 6 nitrogen and oxygen atoms in total. The van der Waals surface area contributed by atoms with Crippen molar-refractivity contribution in [1.82, 2.24) is 4.90 Å². The molecule has 0 unspecified atom stereocenters. The van der Waals surface area contributed by atoms with Crippen molar-refractivity contribution in [2.24, 2.45) is 0 Å². The van der Waals surface area contributed by atoms with E-state index >= 15 is 4.39 Å². The SMILES string of the molecule is COc1cc2c(cc1OC)C(=O)/C(=C/C1(F)CCN(C(=O)OC(C)(C)C)CC1)C2. The van der Waals surface area contributed by atoms with Gasteiger partial charge >= 0.3 is 6.09 Å². The molecule has 7 heteroatoms. The van der Waals surface area contributed by atoms with Crippen molar-refractivity contribution >= 4 is 11.9 Å². The summed E-state index contributed by atoms with van der Waals surface area (Å²) in [6.45, 7) is 5.89. The molecule has 0 bridgehead atoms. The van der Waals surface area contributed by atoms with Gasteiger partial charge in [0.15, 0.2) is 17.3 Å². The van der Waals surface area contributed by atoms with E-state index in [2.05, 4.69) is 0 Å². The van der Waals surface area contributed by atoms with Crippen molar-refractivity contribution in [3.05, 3.63) is 34.9 Å². The molecule has 0 radical (unpaired) electrons. The van der Waals surface area contributed by atoms with Crippen LogP contribution in [0.25, 0.3) is 0 Å². The van der Waals surface area contributed by atoms with Crippen molar-refractivity contribution in [2.75, 3.05) is 27.3 Å². The molecule has 0 N–H and O–H groups in total. The molecule has 0 spiro atoms. The Labute approximate surface area is 170 Å². The first kappa shape index (κ1) is 21.1. The normalized spacial score (nSPS) is 19.9. The van der Waals surface area contributed by atoms with Crippen LogP contribution in [0.2, 0.25) is 0 Å². The van der Waals surface area contributed by atoms with Crippen LogP contribution in [-0.4, -0.2) is 55.4 Å². The first-order valence-electron chi connectivity index (χ1n) is 9.73. The van der Waals surface area contributed by atoms with E-state index in [9.17, 15) is 9.59 Å². The number of Topliss-reactive ketones (excluding diaryl/α,β-unsaturated/α-hetero) is 1. The van der Waals surface area contributed by atoms with E-state index in [0.29, 0.717) is 29.1 Å². The molecule has 1 heterocycles. The molecule has 0 aromatic heterocycles. The first-order chi connectivity index (χ1) is 13.5. The third kappa shape index (κ3) is 4.54. The van der Waals surface area contributed by atoms with E-state index in [1.165, 1.54) is 25.2 Å². The average molecular weight is 405 g/mol. The van der Waals surface area contributed by atoms with Gasteiger partial charge in [0.1, 0.15) is 11.3 Å². The maximum atomic E-state index is 15.4. The van der Waals surface area contributed by atoms with Gasteiger partial charge in [-0.15, -0.1) is 0 Å². The number of hydrogen-bond donors (Lipinski definition) is 0. The first-order valence-corrected chi connectivity index (χ1v) is 9.73. The Morgan fingerprint density at radius 2 is 1.72 bits per heavy atom. The minimum Gasteiger partial charge on any atom is -0.493 e. The second-order valence-electron chi connectivity index (χ2n) is 8.54. The van der Waals surface area contributed by atoms with Gasteiger partial charge in [0.2, 0.25) is 0 Å². The number of carbonyl (C=O) groups is 2. The topological polar surface area (TPSA) is 65.1 Å². The molecule has 3 rings (SSSR count). The Hall–Kier alpha value is -2.57. The minimum atomic E-state index is -1.63. The summed E-state index contributed by atoms with van der Waals surface area (Å²) in [5.74, 6) is 0.829. The number of alkyl halides is 1. The number of amides is 1. The summed E-state index contributed by atoms with van der Waals surface area (Å²) in [6, 6.07) is 3.41. The summed E-state index contributed by atoms with van der Waals surface area (Å²) in [7, 11) is 3.04. The summed E-state index contributed by atoms with van der Waals surface area (Å²) in [5, 5.41) is 0. The number of benzene rings is 1. The van der Waals surface area contributed by atoms with E-state index in [-0.39, 0.29) is 31.7 Å². The summed E-state index contributed by atoms with van der Waals surface area (Å²) in [6.07, 6.45) is 1.63. The zero-order chi connectivity index (χ0) is 21.4. The molecule has 1 aliphatic heterocycles. The molecule has 1 aromatic rings. The lowest BCUT2D eigenvalue weighted by molar-refractivity contribution is 0.0106. The van der Waals surface area contributed by atoms with E-state index in [1.54, 1.807) is 32.9 Å². The number of ketones is 1. The fourth-order valence-corrected chi connectivity index (χ4v) is 3.70. The van der Waals surface area contributed by atoms with E-state index < -0.39 is 17.4 Å². The highest BCUT2D eigenvalue weighted by Gasteiger charge is 2.38. The van der Waals surface area contributed by atoms with Gasteiger partial charge in [-0.3, -0.25) is 4.79 Å². The number of likely N-dealkylation sites (tertiary alicyclic amines) is 1. The number of nitrogens with zero attached hydrogens (tertiary/aromatic N) is 1. The fraction of sp³-hybridized carbons (Fsp3) is 0.545. The Morgan fingerprint density at radius 1 is 1.14 bits per heavy atom. The van der Waals surface area contributed by atoms with Crippen LogP contribution in [0, 0.1) is 0 Å². The Bertz CT molecular complexity index is 847. The molecule has 158 valence electrons. The highest BCUT2D eigenvalue weighted by molar-refractivity contribution is 6.13. The zero-order valence-corrected chi connectivity index (χ0v) is 17.6. The van der Waals surface area contributed by atoms with Crippen LogP contribution in [0.1, 0.15) is 49.5 Å².